The second kappa shape index (κ2) is 6.58. The number of aromatic nitrogens is 2. The molecule has 0 fully saturated rings. The minimum Gasteiger partial charge on any atom is -0.231 e. The molecule has 0 N–H and O–H groups in total. The molecule has 1 aromatic rings. The highest BCUT2D eigenvalue weighted by atomic mass is 15.2. The minimum absolute atomic E-state index is 0.298. The number of hydrogen-bond acceptors (Lipinski definition) is 0. The van der Waals surface area contributed by atoms with Crippen LogP contribution in [0.2, 0.25) is 0 Å². The maximum atomic E-state index is 2.46. The van der Waals surface area contributed by atoms with Gasteiger partial charge in [0.1, 0.15) is 23.5 Å². The first-order valence-electron chi connectivity index (χ1n) is 8.18. The number of hydrogen-bond donors (Lipinski definition) is 0. The van der Waals surface area contributed by atoms with Gasteiger partial charge in [-0.15, -0.1) is 0 Å². The molecule has 0 saturated heterocycles. The maximum Gasteiger partial charge on any atom is 0.244 e. The lowest BCUT2D eigenvalue weighted by atomic mass is 9.89. The van der Waals surface area contributed by atoms with E-state index in [-0.39, 0.29) is 0 Å². The summed E-state index contributed by atoms with van der Waals surface area (Å²) in [7, 11) is 0. The number of rotatable bonds is 8. The summed E-state index contributed by atoms with van der Waals surface area (Å²) in [5.74, 6) is 0. The SMILES string of the molecule is CCC(CC)(CC)n1cc[n+](C(CC)(CC)CC)c1. The molecular weight excluding hydrogens is 232 g/mol. The number of imidazole rings is 1. The van der Waals surface area contributed by atoms with E-state index in [1.165, 1.54) is 38.5 Å². The van der Waals surface area contributed by atoms with Gasteiger partial charge in [-0.3, -0.25) is 0 Å². The van der Waals surface area contributed by atoms with Crippen molar-refractivity contribution >= 4 is 0 Å². The van der Waals surface area contributed by atoms with Crippen molar-refractivity contribution in [3.05, 3.63) is 18.7 Å². The molecule has 0 bridgehead atoms. The third kappa shape index (κ3) is 2.73. The zero-order valence-electron chi connectivity index (χ0n) is 13.9. The predicted molar refractivity (Wildman–Crippen MR) is 82.3 cm³/mol. The van der Waals surface area contributed by atoms with Crippen LogP contribution in [-0.2, 0) is 11.1 Å². The van der Waals surface area contributed by atoms with E-state index in [0.717, 1.165) is 0 Å². The van der Waals surface area contributed by atoms with Crippen LogP contribution in [0.1, 0.15) is 80.1 Å². The summed E-state index contributed by atoms with van der Waals surface area (Å²) >= 11 is 0. The Morgan fingerprint density at radius 3 is 1.63 bits per heavy atom. The van der Waals surface area contributed by atoms with Crippen molar-refractivity contribution in [3.63, 3.8) is 0 Å². The van der Waals surface area contributed by atoms with Gasteiger partial charge in [0.2, 0.25) is 6.33 Å². The third-order valence-corrected chi connectivity index (χ3v) is 5.68. The molecule has 0 aliphatic rings. The van der Waals surface area contributed by atoms with Gasteiger partial charge >= 0.3 is 0 Å². The van der Waals surface area contributed by atoms with E-state index >= 15 is 0 Å². The lowest BCUT2D eigenvalue weighted by molar-refractivity contribution is -0.766. The molecule has 2 nitrogen and oxygen atoms in total. The second-order valence-electron chi connectivity index (χ2n) is 5.80. The lowest BCUT2D eigenvalue weighted by Crippen LogP contribution is -2.54. The molecule has 1 heterocycles. The highest BCUT2D eigenvalue weighted by molar-refractivity contribution is 4.87. The van der Waals surface area contributed by atoms with Crippen LogP contribution in [-0.4, -0.2) is 4.57 Å². The minimum atomic E-state index is 0.298. The highest BCUT2D eigenvalue weighted by Gasteiger charge is 2.35. The van der Waals surface area contributed by atoms with E-state index in [4.69, 9.17) is 0 Å². The van der Waals surface area contributed by atoms with Crippen molar-refractivity contribution in [1.82, 2.24) is 4.57 Å². The van der Waals surface area contributed by atoms with Crippen LogP contribution in [0, 0.1) is 0 Å². The zero-order chi connectivity index (χ0) is 14.5. The monoisotopic (exact) mass is 265 g/mol. The van der Waals surface area contributed by atoms with Crippen molar-refractivity contribution in [2.75, 3.05) is 0 Å². The molecule has 0 spiro atoms. The lowest BCUT2D eigenvalue weighted by Gasteiger charge is -2.29. The fourth-order valence-electron chi connectivity index (χ4n) is 3.51. The molecule has 0 unspecified atom stereocenters. The smallest absolute Gasteiger partial charge is 0.231 e. The molecule has 1 aromatic heterocycles. The van der Waals surface area contributed by atoms with Gasteiger partial charge in [-0.25, -0.2) is 9.13 Å². The van der Waals surface area contributed by atoms with Crippen LogP contribution in [0.3, 0.4) is 0 Å². The van der Waals surface area contributed by atoms with Gasteiger partial charge in [-0.1, -0.05) is 41.5 Å². The van der Waals surface area contributed by atoms with Crippen LogP contribution in [0.5, 0.6) is 0 Å². The Kier molecular flexibility index (Phi) is 5.64. The summed E-state index contributed by atoms with van der Waals surface area (Å²) in [5.41, 5.74) is 0.596. The summed E-state index contributed by atoms with van der Waals surface area (Å²) in [6.07, 6.45) is 14.1. The molecule has 19 heavy (non-hydrogen) atoms. The second-order valence-corrected chi connectivity index (χ2v) is 5.80. The maximum absolute atomic E-state index is 2.46. The van der Waals surface area contributed by atoms with E-state index < -0.39 is 0 Å². The average molecular weight is 265 g/mol. The van der Waals surface area contributed by atoms with Gasteiger partial charge in [-0.2, -0.15) is 0 Å². The Hall–Kier alpha value is -0.790. The summed E-state index contributed by atoms with van der Waals surface area (Å²) in [4.78, 5) is 0. The molecule has 0 saturated carbocycles. The molecule has 0 aliphatic heterocycles. The molecule has 0 atom stereocenters. The van der Waals surface area contributed by atoms with Crippen LogP contribution >= 0.6 is 0 Å². The van der Waals surface area contributed by atoms with Crippen LogP contribution in [0.25, 0.3) is 0 Å². The first-order valence-corrected chi connectivity index (χ1v) is 8.18. The quantitative estimate of drug-likeness (QED) is 0.606. The standard InChI is InChI=1S/C17H33N2/c1-7-16(8-2,9-3)18-13-14-19(15-18)17(10-4,11-5)12-6/h13-15H,7-12H2,1-6H3/q+1. The van der Waals surface area contributed by atoms with Crippen molar-refractivity contribution in [3.8, 4) is 0 Å². The van der Waals surface area contributed by atoms with Gasteiger partial charge in [0.25, 0.3) is 0 Å². The molecule has 1 rings (SSSR count). The molecule has 110 valence electrons. The van der Waals surface area contributed by atoms with E-state index in [1.807, 2.05) is 0 Å². The van der Waals surface area contributed by atoms with Gasteiger partial charge < -0.3 is 0 Å². The highest BCUT2D eigenvalue weighted by Crippen LogP contribution is 2.29. The number of nitrogens with zero attached hydrogens (tertiary/aromatic N) is 2. The molecular formula is C17H33N2+. The molecule has 0 radical (unpaired) electrons. The van der Waals surface area contributed by atoms with Gasteiger partial charge in [0, 0.05) is 0 Å². The first-order chi connectivity index (χ1) is 9.07. The van der Waals surface area contributed by atoms with Gasteiger partial charge in [0.05, 0.1) is 0 Å². The third-order valence-electron chi connectivity index (χ3n) is 5.68. The van der Waals surface area contributed by atoms with Gasteiger partial charge in [0.15, 0.2) is 0 Å². The van der Waals surface area contributed by atoms with E-state index in [2.05, 4.69) is 69.4 Å². The Morgan fingerprint density at radius 2 is 1.26 bits per heavy atom. The Morgan fingerprint density at radius 1 is 0.789 bits per heavy atom. The first kappa shape index (κ1) is 16.3. The largest absolute Gasteiger partial charge is 0.244 e. The van der Waals surface area contributed by atoms with Crippen molar-refractivity contribution in [1.29, 1.82) is 0 Å². The fourth-order valence-corrected chi connectivity index (χ4v) is 3.51. The molecule has 0 amide bonds. The van der Waals surface area contributed by atoms with E-state index in [9.17, 15) is 0 Å². The Bertz CT molecular complexity index is 319. The van der Waals surface area contributed by atoms with E-state index in [1.54, 1.807) is 0 Å². The van der Waals surface area contributed by atoms with E-state index in [0.29, 0.717) is 11.1 Å². The van der Waals surface area contributed by atoms with Gasteiger partial charge in [-0.05, 0) is 38.5 Å². The van der Waals surface area contributed by atoms with Crippen LogP contribution in [0.15, 0.2) is 18.7 Å². The summed E-state index contributed by atoms with van der Waals surface area (Å²) in [6.45, 7) is 13.9. The zero-order valence-corrected chi connectivity index (χ0v) is 13.9. The van der Waals surface area contributed by atoms with Crippen LogP contribution in [0.4, 0.5) is 0 Å². The Balaban J connectivity index is 3.18. The average Bonchev–Trinajstić information content (AvgIpc) is 2.95. The molecule has 0 aromatic carbocycles. The van der Waals surface area contributed by atoms with Crippen LogP contribution < -0.4 is 4.57 Å². The molecule has 0 aliphatic carbocycles. The summed E-state index contributed by atoms with van der Waals surface area (Å²) in [6, 6.07) is 0. The van der Waals surface area contributed by atoms with Crippen molar-refractivity contribution in [2.24, 2.45) is 0 Å². The summed E-state index contributed by atoms with van der Waals surface area (Å²) < 4.78 is 4.92. The molecule has 2 heteroatoms. The van der Waals surface area contributed by atoms with Crippen molar-refractivity contribution < 1.29 is 4.57 Å². The summed E-state index contributed by atoms with van der Waals surface area (Å²) in [5, 5.41) is 0. The fraction of sp³-hybridized carbons (Fsp3) is 0.824. The topological polar surface area (TPSA) is 8.81 Å². The van der Waals surface area contributed by atoms with Crippen molar-refractivity contribution in [2.45, 2.75) is 91.1 Å². The normalized spacial score (nSPS) is 12.9. The Labute approximate surface area is 119 Å². The predicted octanol–water partition coefficient (Wildman–Crippen LogP) is 4.63.